The highest BCUT2D eigenvalue weighted by Crippen LogP contribution is 2.57. The van der Waals surface area contributed by atoms with E-state index in [2.05, 4.69) is 35.3 Å². The first kappa shape index (κ1) is 15.0. The number of aromatic nitrogens is 1. The number of carbonyl (C=O) groups excluding carboxylic acids is 1. The van der Waals surface area contributed by atoms with E-state index in [1.807, 2.05) is 11.0 Å². The number of H-pyrrole nitrogens is 1. The molecule has 1 aromatic carbocycles. The van der Waals surface area contributed by atoms with Gasteiger partial charge in [0.2, 0.25) is 0 Å². The number of benzene rings is 1. The normalized spacial score (nSPS) is 22.0. The third-order valence-corrected chi connectivity index (χ3v) is 5.64. The second kappa shape index (κ2) is 5.83. The number of rotatable bonds is 2. The number of nitrogens with one attached hydrogen (secondary N) is 1. The van der Waals surface area contributed by atoms with E-state index in [1.165, 1.54) is 37.7 Å². The Balaban J connectivity index is 1.65. The molecule has 0 radical (unpaired) electrons. The average Bonchev–Trinajstić information content (AvgIpc) is 3.10. The molecule has 2 heterocycles. The Morgan fingerprint density at radius 3 is 2.62 bits per heavy atom. The number of hydrogen-bond donors (Lipinski definition) is 1. The van der Waals surface area contributed by atoms with Crippen LogP contribution in [-0.2, 0) is 0 Å². The lowest BCUT2D eigenvalue weighted by Crippen LogP contribution is -2.61. The summed E-state index contributed by atoms with van der Waals surface area (Å²) in [4.78, 5) is 17.9. The maximum absolute atomic E-state index is 13.0. The van der Waals surface area contributed by atoms with Gasteiger partial charge in [-0.15, -0.1) is 0 Å². The summed E-state index contributed by atoms with van der Waals surface area (Å²) >= 11 is 0. The van der Waals surface area contributed by atoms with E-state index in [9.17, 15) is 4.79 Å². The first-order chi connectivity index (χ1) is 11.7. The molecule has 2 aromatic rings. The van der Waals surface area contributed by atoms with Gasteiger partial charge in [-0.3, -0.25) is 4.79 Å². The Hall–Kier alpha value is -2.54. The minimum absolute atomic E-state index is 0.00144. The van der Waals surface area contributed by atoms with Crippen molar-refractivity contribution in [1.29, 1.82) is 5.26 Å². The maximum Gasteiger partial charge on any atom is 0.270 e. The second-order valence-corrected chi connectivity index (χ2v) is 7.08. The van der Waals surface area contributed by atoms with Gasteiger partial charge in [0.15, 0.2) is 0 Å². The minimum Gasteiger partial charge on any atom is -0.356 e. The number of nitriles is 1. The fraction of sp³-hybridized carbons (Fsp3) is 0.400. The Bertz CT molecular complexity index is 781. The third kappa shape index (κ3) is 2.32. The summed E-state index contributed by atoms with van der Waals surface area (Å²) in [5.41, 5.74) is 2.48. The smallest absolute Gasteiger partial charge is 0.270 e. The molecule has 1 unspecified atom stereocenters. The van der Waals surface area contributed by atoms with E-state index in [4.69, 9.17) is 5.26 Å². The summed E-state index contributed by atoms with van der Waals surface area (Å²) in [6.45, 7) is 0.826. The molecule has 4 rings (SSSR count). The lowest BCUT2D eigenvalue weighted by atomic mass is 9.61. The van der Waals surface area contributed by atoms with E-state index in [0.29, 0.717) is 11.3 Å². The molecule has 2 aliphatic rings. The summed E-state index contributed by atoms with van der Waals surface area (Å²) in [6.07, 6.45) is 7.81. The molecular weight excluding hydrogens is 298 g/mol. The quantitative estimate of drug-likeness (QED) is 0.908. The predicted octanol–water partition coefficient (Wildman–Crippen LogP) is 4.03. The molecule has 4 heteroatoms. The Labute approximate surface area is 142 Å². The van der Waals surface area contributed by atoms with E-state index in [0.717, 1.165) is 6.54 Å². The highest BCUT2D eigenvalue weighted by Gasteiger charge is 2.55. The number of amides is 1. The zero-order chi connectivity index (χ0) is 16.6. The van der Waals surface area contributed by atoms with E-state index in [1.54, 1.807) is 12.3 Å². The molecule has 1 spiro atoms. The van der Waals surface area contributed by atoms with Gasteiger partial charge in [0.1, 0.15) is 11.8 Å². The van der Waals surface area contributed by atoms with Crippen molar-refractivity contribution in [2.24, 2.45) is 5.41 Å². The van der Waals surface area contributed by atoms with Crippen molar-refractivity contribution in [3.05, 3.63) is 59.4 Å². The molecule has 2 fully saturated rings. The molecule has 1 saturated carbocycles. The van der Waals surface area contributed by atoms with Crippen LogP contribution >= 0.6 is 0 Å². The van der Waals surface area contributed by atoms with Crippen LogP contribution in [0, 0.1) is 16.7 Å². The van der Waals surface area contributed by atoms with E-state index < -0.39 is 0 Å². The van der Waals surface area contributed by atoms with Crippen LogP contribution in [0.5, 0.6) is 0 Å². The zero-order valence-electron chi connectivity index (χ0n) is 13.7. The molecular formula is C20H21N3O. The van der Waals surface area contributed by atoms with Gasteiger partial charge >= 0.3 is 0 Å². The highest BCUT2D eigenvalue weighted by molar-refractivity contribution is 5.94. The molecule has 1 atom stereocenters. The number of hydrogen-bond acceptors (Lipinski definition) is 2. The van der Waals surface area contributed by atoms with Crippen LogP contribution in [0.1, 0.15) is 59.8 Å². The van der Waals surface area contributed by atoms with Gasteiger partial charge in [-0.2, -0.15) is 5.26 Å². The van der Waals surface area contributed by atoms with Crippen LogP contribution in [0.2, 0.25) is 0 Å². The monoisotopic (exact) mass is 319 g/mol. The van der Waals surface area contributed by atoms with Crippen molar-refractivity contribution in [2.45, 2.75) is 38.1 Å². The van der Waals surface area contributed by atoms with Crippen molar-refractivity contribution in [3.8, 4) is 6.07 Å². The van der Waals surface area contributed by atoms with Crippen molar-refractivity contribution in [1.82, 2.24) is 9.88 Å². The van der Waals surface area contributed by atoms with Crippen LogP contribution in [0.3, 0.4) is 0 Å². The predicted molar refractivity (Wildman–Crippen MR) is 91.2 cm³/mol. The highest BCUT2D eigenvalue weighted by atomic mass is 16.2. The van der Waals surface area contributed by atoms with Crippen LogP contribution in [0.15, 0.2) is 42.6 Å². The average molecular weight is 319 g/mol. The number of aromatic amines is 1. The minimum atomic E-state index is 0.00144. The molecule has 0 bridgehead atoms. The van der Waals surface area contributed by atoms with Crippen molar-refractivity contribution >= 4 is 5.91 Å². The Morgan fingerprint density at radius 2 is 1.96 bits per heavy atom. The Kier molecular flexibility index (Phi) is 3.65. The zero-order valence-corrected chi connectivity index (χ0v) is 13.7. The summed E-state index contributed by atoms with van der Waals surface area (Å²) in [5, 5.41) is 8.98. The molecule has 1 saturated heterocycles. The van der Waals surface area contributed by atoms with Crippen molar-refractivity contribution in [2.75, 3.05) is 6.54 Å². The molecule has 122 valence electrons. The topological polar surface area (TPSA) is 59.9 Å². The number of carbonyl (C=O) groups is 1. The van der Waals surface area contributed by atoms with Crippen LogP contribution in [-0.4, -0.2) is 22.3 Å². The maximum atomic E-state index is 13.0. The van der Waals surface area contributed by atoms with Gasteiger partial charge in [0.25, 0.3) is 5.91 Å². The number of nitrogens with zero attached hydrogens (tertiary/aromatic N) is 2. The van der Waals surface area contributed by atoms with E-state index >= 15 is 0 Å². The van der Waals surface area contributed by atoms with Crippen molar-refractivity contribution < 1.29 is 4.79 Å². The van der Waals surface area contributed by atoms with Crippen LogP contribution < -0.4 is 0 Å². The van der Waals surface area contributed by atoms with E-state index in [-0.39, 0.29) is 17.4 Å². The van der Waals surface area contributed by atoms with Gasteiger partial charge in [-0.05, 0) is 24.5 Å². The first-order valence-corrected chi connectivity index (χ1v) is 8.68. The molecule has 24 heavy (non-hydrogen) atoms. The lowest BCUT2D eigenvalue weighted by Gasteiger charge is -2.59. The van der Waals surface area contributed by atoms with Crippen molar-refractivity contribution in [3.63, 3.8) is 0 Å². The van der Waals surface area contributed by atoms with Gasteiger partial charge in [-0.1, -0.05) is 49.6 Å². The standard InChI is InChI=1S/C20H21N3O/c21-12-15-11-17(22-13-15)19(24)23-14-20(9-5-2-6-10-20)18(23)16-7-3-1-4-8-16/h1,3-4,7-8,11,13,18,22H,2,5-6,9-10,14H2. The molecule has 1 aliphatic heterocycles. The largest absolute Gasteiger partial charge is 0.356 e. The fourth-order valence-electron chi connectivity index (χ4n) is 4.52. The summed E-state index contributed by atoms with van der Waals surface area (Å²) in [5.74, 6) is 0.00144. The summed E-state index contributed by atoms with van der Waals surface area (Å²) in [6, 6.07) is 14.3. The number of likely N-dealkylation sites (tertiary alicyclic amines) is 1. The van der Waals surface area contributed by atoms with Crippen LogP contribution in [0.25, 0.3) is 0 Å². The third-order valence-electron chi connectivity index (χ3n) is 5.64. The Morgan fingerprint density at radius 1 is 1.21 bits per heavy atom. The second-order valence-electron chi connectivity index (χ2n) is 7.08. The molecule has 4 nitrogen and oxygen atoms in total. The first-order valence-electron chi connectivity index (χ1n) is 8.68. The molecule has 1 aromatic heterocycles. The molecule has 1 N–H and O–H groups in total. The molecule has 1 aliphatic carbocycles. The van der Waals surface area contributed by atoms with Gasteiger partial charge in [0.05, 0.1) is 11.6 Å². The fourth-order valence-corrected chi connectivity index (χ4v) is 4.52. The molecule has 1 amide bonds. The SMILES string of the molecule is N#Cc1c[nH]c(C(=O)N2CC3(CCCCC3)C2c2ccccc2)c1. The summed E-state index contributed by atoms with van der Waals surface area (Å²) in [7, 11) is 0. The van der Waals surface area contributed by atoms with Gasteiger partial charge in [0, 0.05) is 18.2 Å². The summed E-state index contributed by atoms with van der Waals surface area (Å²) < 4.78 is 0. The van der Waals surface area contributed by atoms with Crippen LogP contribution in [0.4, 0.5) is 0 Å². The lowest BCUT2D eigenvalue weighted by molar-refractivity contribution is -0.0772. The van der Waals surface area contributed by atoms with Gasteiger partial charge < -0.3 is 9.88 Å². The van der Waals surface area contributed by atoms with Gasteiger partial charge in [-0.25, -0.2) is 0 Å².